The second kappa shape index (κ2) is 6.58. The highest BCUT2D eigenvalue weighted by atomic mass is 79.9. The number of rotatable bonds is 6. The Kier molecular flexibility index (Phi) is 5.06. The highest BCUT2D eigenvalue weighted by Crippen LogP contribution is 2.26. The Morgan fingerprint density at radius 1 is 1.21 bits per heavy atom. The van der Waals surface area contributed by atoms with Crippen LogP contribution in [0.4, 0.5) is 0 Å². The van der Waals surface area contributed by atoms with Gasteiger partial charge in [-0.2, -0.15) is 0 Å². The van der Waals surface area contributed by atoms with Crippen LogP contribution in [0.1, 0.15) is 45.4 Å². The predicted molar refractivity (Wildman–Crippen MR) is 84.4 cm³/mol. The van der Waals surface area contributed by atoms with Gasteiger partial charge in [0.15, 0.2) is 0 Å². The Balaban J connectivity index is 2.06. The first-order valence-corrected chi connectivity index (χ1v) is 7.85. The molecule has 3 heteroatoms. The standard InChI is InChI=1S/C16H22BrNO/c1-4-12(5-2)10-18-11(3)16-9-13-8-14(17)6-7-15(13)19-16/h6-9,11-12,18H,4-5,10H2,1-3H3. The van der Waals surface area contributed by atoms with Gasteiger partial charge in [0.2, 0.25) is 0 Å². The van der Waals surface area contributed by atoms with Crippen LogP contribution >= 0.6 is 15.9 Å². The van der Waals surface area contributed by atoms with Gasteiger partial charge in [-0.05, 0) is 43.7 Å². The van der Waals surface area contributed by atoms with Crippen molar-refractivity contribution in [3.63, 3.8) is 0 Å². The van der Waals surface area contributed by atoms with Gasteiger partial charge < -0.3 is 9.73 Å². The average molecular weight is 324 g/mol. The van der Waals surface area contributed by atoms with Crippen LogP contribution in [-0.2, 0) is 0 Å². The molecule has 1 aromatic heterocycles. The average Bonchev–Trinajstić information content (AvgIpc) is 2.82. The molecule has 2 rings (SSSR count). The summed E-state index contributed by atoms with van der Waals surface area (Å²) in [6.45, 7) is 7.71. The molecule has 104 valence electrons. The van der Waals surface area contributed by atoms with Crippen LogP contribution in [0.3, 0.4) is 0 Å². The molecule has 19 heavy (non-hydrogen) atoms. The van der Waals surface area contributed by atoms with E-state index in [0.717, 1.165) is 33.7 Å². The lowest BCUT2D eigenvalue weighted by molar-refractivity contribution is 0.390. The third kappa shape index (κ3) is 3.61. The van der Waals surface area contributed by atoms with Crippen LogP contribution < -0.4 is 5.32 Å². The first kappa shape index (κ1) is 14.6. The summed E-state index contributed by atoms with van der Waals surface area (Å²) in [6, 6.07) is 8.50. The van der Waals surface area contributed by atoms with Crippen LogP contribution in [0.25, 0.3) is 11.0 Å². The van der Waals surface area contributed by atoms with Crippen LogP contribution in [0.15, 0.2) is 33.2 Å². The molecular weight excluding hydrogens is 302 g/mol. The Bertz CT molecular complexity index is 531. The van der Waals surface area contributed by atoms with Crippen molar-refractivity contribution in [2.75, 3.05) is 6.54 Å². The molecule has 0 aliphatic carbocycles. The zero-order chi connectivity index (χ0) is 13.8. The van der Waals surface area contributed by atoms with Crippen molar-refractivity contribution >= 4 is 26.9 Å². The van der Waals surface area contributed by atoms with Crippen molar-refractivity contribution in [1.82, 2.24) is 5.32 Å². The maximum atomic E-state index is 5.90. The summed E-state index contributed by atoms with van der Waals surface area (Å²) in [7, 11) is 0. The molecule has 1 unspecified atom stereocenters. The van der Waals surface area contributed by atoms with Gasteiger partial charge in [-0.25, -0.2) is 0 Å². The monoisotopic (exact) mass is 323 g/mol. The third-order valence-electron chi connectivity index (χ3n) is 3.79. The molecule has 0 aliphatic rings. The minimum absolute atomic E-state index is 0.256. The Morgan fingerprint density at radius 2 is 1.95 bits per heavy atom. The number of benzene rings is 1. The van der Waals surface area contributed by atoms with Crippen molar-refractivity contribution in [3.8, 4) is 0 Å². The summed E-state index contributed by atoms with van der Waals surface area (Å²) in [4.78, 5) is 0. The van der Waals surface area contributed by atoms with Gasteiger partial charge in [-0.1, -0.05) is 42.6 Å². The number of halogens is 1. The second-order valence-corrected chi connectivity index (χ2v) is 6.06. The van der Waals surface area contributed by atoms with Crippen molar-refractivity contribution in [2.24, 2.45) is 5.92 Å². The fourth-order valence-electron chi connectivity index (χ4n) is 2.27. The van der Waals surface area contributed by atoms with E-state index >= 15 is 0 Å². The van der Waals surface area contributed by atoms with Crippen LogP contribution in [-0.4, -0.2) is 6.54 Å². The zero-order valence-corrected chi connectivity index (χ0v) is 13.5. The molecule has 0 radical (unpaired) electrons. The fraction of sp³-hybridized carbons (Fsp3) is 0.500. The lowest BCUT2D eigenvalue weighted by atomic mass is 10.0. The smallest absolute Gasteiger partial charge is 0.134 e. The van der Waals surface area contributed by atoms with Crippen LogP contribution in [0.5, 0.6) is 0 Å². The maximum absolute atomic E-state index is 5.90. The van der Waals surface area contributed by atoms with Crippen molar-refractivity contribution < 1.29 is 4.42 Å². The van der Waals surface area contributed by atoms with Gasteiger partial charge in [-0.3, -0.25) is 0 Å². The summed E-state index contributed by atoms with van der Waals surface area (Å²) >= 11 is 3.49. The molecule has 1 heterocycles. The van der Waals surface area contributed by atoms with E-state index in [-0.39, 0.29) is 6.04 Å². The molecule has 0 saturated heterocycles. The van der Waals surface area contributed by atoms with Crippen molar-refractivity contribution in [3.05, 3.63) is 34.5 Å². The Labute approximate surface area is 123 Å². The molecule has 1 aromatic carbocycles. The Hall–Kier alpha value is -0.800. The molecule has 2 aromatic rings. The Morgan fingerprint density at radius 3 is 2.63 bits per heavy atom. The van der Waals surface area contributed by atoms with Crippen LogP contribution in [0.2, 0.25) is 0 Å². The molecular formula is C16H22BrNO. The zero-order valence-electron chi connectivity index (χ0n) is 11.9. The summed E-state index contributed by atoms with van der Waals surface area (Å²) in [5.41, 5.74) is 0.953. The number of nitrogens with one attached hydrogen (secondary N) is 1. The summed E-state index contributed by atoms with van der Waals surface area (Å²) in [6.07, 6.45) is 2.45. The number of fused-ring (bicyclic) bond motifs is 1. The van der Waals surface area contributed by atoms with E-state index in [0.29, 0.717) is 0 Å². The normalized spacial score (nSPS) is 13.3. The molecule has 0 spiro atoms. The van der Waals surface area contributed by atoms with Gasteiger partial charge in [0.1, 0.15) is 11.3 Å². The molecule has 0 bridgehead atoms. The van der Waals surface area contributed by atoms with Crippen molar-refractivity contribution in [1.29, 1.82) is 0 Å². The first-order valence-electron chi connectivity index (χ1n) is 7.06. The molecule has 0 aliphatic heterocycles. The second-order valence-electron chi connectivity index (χ2n) is 5.14. The van der Waals surface area contributed by atoms with Gasteiger partial charge in [0.05, 0.1) is 6.04 Å². The summed E-state index contributed by atoms with van der Waals surface area (Å²) < 4.78 is 6.99. The number of hydrogen-bond donors (Lipinski definition) is 1. The minimum Gasteiger partial charge on any atom is -0.459 e. The van der Waals surface area contributed by atoms with E-state index in [4.69, 9.17) is 4.42 Å². The molecule has 0 saturated carbocycles. The van der Waals surface area contributed by atoms with Crippen molar-refractivity contribution in [2.45, 2.75) is 39.7 Å². The molecule has 1 atom stereocenters. The lowest BCUT2D eigenvalue weighted by Crippen LogP contribution is -2.24. The summed E-state index contributed by atoms with van der Waals surface area (Å²) in [5.74, 6) is 1.76. The van der Waals surface area contributed by atoms with E-state index < -0.39 is 0 Å². The third-order valence-corrected chi connectivity index (χ3v) is 4.28. The molecule has 0 amide bonds. The van der Waals surface area contributed by atoms with E-state index in [9.17, 15) is 0 Å². The SMILES string of the molecule is CCC(CC)CNC(C)c1cc2cc(Br)ccc2o1. The fourth-order valence-corrected chi connectivity index (χ4v) is 2.65. The maximum Gasteiger partial charge on any atom is 0.134 e. The summed E-state index contributed by atoms with van der Waals surface area (Å²) in [5, 5.41) is 4.72. The van der Waals surface area contributed by atoms with E-state index in [1.54, 1.807) is 0 Å². The van der Waals surface area contributed by atoms with Crippen LogP contribution in [0, 0.1) is 5.92 Å². The topological polar surface area (TPSA) is 25.2 Å². The van der Waals surface area contributed by atoms with Gasteiger partial charge >= 0.3 is 0 Å². The van der Waals surface area contributed by atoms with E-state index in [2.05, 4.69) is 54.2 Å². The predicted octanol–water partition coefficient (Wildman–Crippen LogP) is 5.28. The lowest BCUT2D eigenvalue weighted by Gasteiger charge is -2.16. The minimum atomic E-state index is 0.256. The molecule has 1 N–H and O–H groups in total. The highest BCUT2D eigenvalue weighted by molar-refractivity contribution is 9.10. The first-order chi connectivity index (χ1) is 9.13. The number of furan rings is 1. The molecule has 2 nitrogen and oxygen atoms in total. The largest absolute Gasteiger partial charge is 0.459 e. The van der Waals surface area contributed by atoms with E-state index in [1.807, 2.05) is 12.1 Å². The highest BCUT2D eigenvalue weighted by Gasteiger charge is 2.13. The van der Waals surface area contributed by atoms with Gasteiger partial charge in [0.25, 0.3) is 0 Å². The quantitative estimate of drug-likeness (QED) is 0.782. The van der Waals surface area contributed by atoms with Gasteiger partial charge in [0, 0.05) is 9.86 Å². The number of hydrogen-bond acceptors (Lipinski definition) is 2. The van der Waals surface area contributed by atoms with Gasteiger partial charge in [-0.15, -0.1) is 0 Å². The van der Waals surface area contributed by atoms with E-state index in [1.165, 1.54) is 12.8 Å². The molecule has 0 fully saturated rings.